The van der Waals surface area contributed by atoms with Gasteiger partial charge in [0.25, 0.3) is 5.91 Å². The van der Waals surface area contributed by atoms with E-state index in [0.717, 1.165) is 18.2 Å². The highest BCUT2D eigenvalue weighted by atomic mass is 16.1. The number of nitrogens with two attached hydrogens (primary N) is 1. The van der Waals surface area contributed by atoms with Crippen molar-refractivity contribution in [1.29, 1.82) is 0 Å². The van der Waals surface area contributed by atoms with E-state index in [9.17, 15) is 4.79 Å². The van der Waals surface area contributed by atoms with Gasteiger partial charge in [-0.3, -0.25) is 4.79 Å². The minimum Gasteiger partial charge on any atom is -0.397 e. The van der Waals surface area contributed by atoms with Gasteiger partial charge in [0.1, 0.15) is 0 Å². The van der Waals surface area contributed by atoms with Crippen molar-refractivity contribution in [3.8, 4) is 0 Å². The number of nitrogen functional groups attached to an aromatic ring is 1. The lowest BCUT2D eigenvalue weighted by Gasteiger charge is -2.26. The molecule has 1 saturated carbocycles. The van der Waals surface area contributed by atoms with Crippen LogP contribution < -0.4 is 16.4 Å². The summed E-state index contributed by atoms with van der Waals surface area (Å²) >= 11 is 0. The number of hydrogen-bond acceptors (Lipinski definition) is 3. The van der Waals surface area contributed by atoms with Crippen LogP contribution >= 0.6 is 0 Å². The molecule has 1 aromatic carbocycles. The Bertz CT molecular complexity index is 427. The monoisotopic (exact) mass is 247 g/mol. The standard InChI is InChI=1S/C14H21N3O/c1-2-16-14(18)11-6-7-12(15)13(8-11)17-9-10-4-3-5-10/h6-8,10,17H,2-5,9,15H2,1H3,(H,16,18). The first kappa shape index (κ1) is 12.7. The Hall–Kier alpha value is -1.71. The van der Waals surface area contributed by atoms with Crippen LogP contribution in [-0.2, 0) is 0 Å². The van der Waals surface area contributed by atoms with Crippen LogP contribution in [0.4, 0.5) is 11.4 Å². The summed E-state index contributed by atoms with van der Waals surface area (Å²) in [4.78, 5) is 11.7. The van der Waals surface area contributed by atoms with Gasteiger partial charge in [-0.1, -0.05) is 6.42 Å². The average Bonchev–Trinajstić information content (AvgIpc) is 2.29. The number of amides is 1. The Balaban J connectivity index is 2.03. The smallest absolute Gasteiger partial charge is 0.251 e. The van der Waals surface area contributed by atoms with Gasteiger partial charge in [0.05, 0.1) is 11.4 Å². The molecule has 98 valence electrons. The first-order chi connectivity index (χ1) is 8.70. The van der Waals surface area contributed by atoms with E-state index >= 15 is 0 Å². The van der Waals surface area contributed by atoms with Crippen LogP contribution in [0.25, 0.3) is 0 Å². The molecule has 1 fully saturated rings. The van der Waals surface area contributed by atoms with Crippen molar-refractivity contribution < 1.29 is 4.79 Å². The van der Waals surface area contributed by atoms with Gasteiger partial charge in [0.15, 0.2) is 0 Å². The van der Waals surface area contributed by atoms with E-state index in [1.54, 1.807) is 12.1 Å². The Morgan fingerprint density at radius 2 is 2.22 bits per heavy atom. The van der Waals surface area contributed by atoms with Crippen LogP contribution in [0.3, 0.4) is 0 Å². The predicted octanol–water partition coefficient (Wildman–Crippen LogP) is 2.23. The van der Waals surface area contributed by atoms with E-state index in [2.05, 4.69) is 10.6 Å². The molecule has 0 aromatic heterocycles. The Kier molecular flexibility index (Phi) is 4.07. The molecule has 4 nitrogen and oxygen atoms in total. The third-order valence-corrected chi connectivity index (χ3v) is 3.46. The number of nitrogens with one attached hydrogen (secondary N) is 2. The number of rotatable bonds is 5. The van der Waals surface area contributed by atoms with Gasteiger partial charge in [-0.05, 0) is 43.9 Å². The molecule has 1 aliphatic carbocycles. The lowest BCUT2D eigenvalue weighted by Crippen LogP contribution is -2.24. The lowest BCUT2D eigenvalue weighted by atomic mass is 9.85. The van der Waals surface area contributed by atoms with E-state index < -0.39 is 0 Å². The second kappa shape index (κ2) is 5.76. The van der Waals surface area contributed by atoms with Gasteiger partial charge in [0.2, 0.25) is 0 Å². The molecule has 1 aliphatic rings. The molecule has 0 aliphatic heterocycles. The minimum absolute atomic E-state index is 0.0517. The van der Waals surface area contributed by atoms with Crippen LogP contribution in [-0.4, -0.2) is 19.0 Å². The van der Waals surface area contributed by atoms with Crippen molar-refractivity contribution in [2.75, 3.05) is 24.1 Å². The normalized spacial score (nSPS) is 14.9. The maximum absolute atomic E-state index is 11.7. The number of anilines is 2. The zero-order valence-electron chi connectivity index (χ0n) is 10.8. The van der Waals surface area contributed by atoms with Crippen molar-refractivity contribution in [2.45, 2.75) is 26.2 Å². The Morgan fingerprint density at radius 3 is 2.83 bits per heavy atom. The van der Waals surface area contributed by atoms with E-state index in [-0.39, 0.29) is 5.91 Å². The highest BCUT2D eigenvalue weighted by Gasteiger charge is 2.17. The fourth-order valence-electron chi connectivity index (χ4n) is 2.06. The largest absolute Gasteiger partial charge is 0.397 e. The predicted molar refractivity (Wildman–Crippen MR) is 74.7 cm³/mol. The number of benzene rings is 1. The second-order valence-corrected chi connectivity index (χ2v) is 4.84. The van der Waals surface area contributed by atoms with E-state index in [4.69, 9.17) is 5.73 Å². The van der Waals surface area contributed by atoms with Crippen molar-refractivity contribution in [1.82, 2.24) is 5.32 Å². The Labute approximate surface area is 108 Å². The van der Waals surface area contributed by atoms with E-state index in [1.807, 2.05) is 13.0 Å². The van der Waals surface area contributed by atoms with Gasteiger partial charge in [-0.15, -0.1) is 0 Å². The van der Waals surface area contributed by atoms with Crippen molar-refractivity contribution >= 4 is 17.3 Å². The van der Waals surface area contributed by atoms with Crippen LogP contribution in [0.2, 0.25) is 0 Å². The van der Waals surface area contributed by atoms with Crippen LogP contribution in [0.5, 0.6) is 0 Å². The molecule has 0 heterocycles. The molecule has 0 unspecified atom stereocenters. The minimum atomic E-state index is -0.0517. The topological polar surface area (TPSA) is 67.2 Å². The summed E-state index contributed by atoms with van der Waals surface area (Å²) in [6, 6.07) is 5.38. The molecular formula is C14H21N3O. The molecular weight excluding hydrogens is 226 g/mol. The number of carbonyl (C=O) groups excluding carboxylic acids is 1. The number of carbonyl (C=O) groups is 1. The first-order valence-electron chi connectivity index (χ1n) is 6.62. The fraction of sp³-hybridized carbons (Fsp3) is 0.500. The summed E-state index contributed by atoms with van der Waals surface area (Å²) in [6.07, 6.45) is 3.92. The molecule has 0 radical (unpaired) electrons. The summed E-state index contributed by atoms with van der Waals surface area (Å²) < 4.78 is 0. The molecule has 0 saturated heterocycles. The van der Waals surface area contributed by atoms with Gasteiger partial charge in [0, 0.05) is 18.7 Å². The van der Waals surface area contributed by atoms with Crippen LogP contribution in [0, 0.1) is 5.92 Å². The summed E-state index contributed by atoms with van der Waals surface area (Å²) in [7, 11) is 0. The van der Waals surface area contributed by atoms with Crippen LogP contribution in [0.1, 0.15) is 36.5 Å². The van der Waals surface area contributed by atoms with Crippen LogP contribution in [0.15, 0.2) is 18.2 Å². The molecule has 1 amide bonds. The first-order valence-corrected chi connectivity index (χ1v) is 6.62. The SMILES string of the molecule is CCNC(=O)c1ccc(N)c(NCC2CCC2)c1. The summed E-state index contributed by atoms with van der Waals surface area (Å²) in [6.45, 7) is 3.49. The summed E-state index contributed by atoms with van der Waals surface area (Å²) in [5.74, 6) is 0.710. The third kappa shape index (κ3) is 2.94. The van der Waals surface area contributed by atoms with Crippen molar-refractivity contribution in [3.63, 3.8) is 0 Å². The lowest BCUT2D eigenvalue weighted by molar-refractivity contribution is 0.0956. The van der Waals surface area contributed by atoms with Crippen molar-refractivity contribution in [2.24, 2.45) is 5.92 Å². The van der Waals surface area contributed by atoms with Gasteiger partial charge in [-0.2, -0.15) is 0 Å². The molecule has 1 aromatic rings. The van der Waals surface area contributed by atoms with Gasteiger partial charge in [-0.25, -0.2) is 0 Å². The molecule has 0 atom stereocenters. The molecule has 0 spiro atoms. The average molecular weight is 247 g/mol. The molecule has 2 rings (SSSR count). The number of hydrogen-bond donors (Lipinski definition) is 3. The fourth-order valence-corrected chi connectivity index (χ4v) is 2.06. The third-order valence-electron chi connectivity index (χ3n) is 3.46. The molecule has 4 N–H and O–H groups in total. The maximum atomic E-state index is 11.7. The van der Waals surface area contributed by atoms with E-state index in [0.29, 0.717) is 17.8 Å². The zero-order valence-corrected chi connectivity index (χ0v) is 10.8. The summed E-state index contributed by atoms with van der Waals surface area (Å²) in [5, 5.41) is 6.14. The molecule has 18 heavy (non-hydrogen) atoms. The van der Waals surface area contributed by atoms with Gasteiger partial charge >= 0.3 is 0 Å². The maximum Gasteiger partial charge on any atom is 0.251 e. The highest BCUT2D eigenvalue weighted by Crippen LogP contribution is 2.28. The Morgan fingerprint density at radius 1 is 1.44 bits per heavy atom. The second-order valence-electron chi connectivity index (χ2n) is 4.84. The van der Waals surface area contributed by atoms with E-state index in [1.165, 1.54) is 19.3 Å². The molecule has 4 heteroatoms. The highest BCUT2D eigenvalue weighted by molar-refractivity contribution is 5.96. The van der Waals surface area contributed by atoms with Crippen molar-refractivity contribution in [3.05, 3.63) is 23.8 Å². The molecule has 0 bridgehead atoms. The summed E-state index contributed by atoms with van der Waals surface area (Å²) in [5.41, 5.74) is 8.13. The zero-order chi connectivity index (χ0) is 13.0. The van der Waals surface area contributed by atoms with Gasteiger partial charge < -0.3 is 16.4 Å². The quantitative estimate of drug-likeness (QED) is 0.699.